The molecule has 0 N–H and O–H groups in total. The van der Waals surface area contributed by atoms with Crippen LogP contribution in [0.1, 0.15) is 36.9 Å². The zero-order valence-electron chi connectivity index (χ0n) is 21.3. The average Bonchev–Trinajstić information content (AvgIpc) is 2.91. The van der Waals surface area contributed by atoms with Crippen molar-refractivity contribution in [3.8, 4) is 5.75 Å². The highest BCUT2D eigenvalue weighted by molar-refractivity contribution is 5.92. The van der Waals surface area contributed by atoms with Crippen LogP contribution in [0.5, 0.6) is 5.75 Å². The summed E-state index contributed by atoms with van der Waals surface area (Å²) in [6, 6.07) is 19.5. The van der Waals surface area contributed by atoms with Gasteiger partial charge in [-0.15, -0.1) is 0 Å². The molecule has 35 heavy (non-hydrogen) atoms. The van der Waals surface area contributed by atoms with Gasteiger partial charge in [-0.2, -0.15) is 0 Å². The molecule has 3 aromatic rings. The summed E-state index contributed by atoms with van der Waals surface area (Å²) in [5.41, 5.74) is 4.89. The number of hydrogen-bond acceptors (Lipinski definition) is 5. The third-order valence-electron chi connectivity index (χ3n) is 7.49. The van der Waals surface area contributed by atoms with E-state index in [1.807, 2.05) is 0 Å². The number of benzene rings is 2. The van der Waals surface area contributed by atoms with Gasteiger partial charge in [0.15, 0.2) is 0 Å². The number of rotatable bonds is 9. The summed E-state index contributed by atoms with van der Waals surface area (Å²) in [7, 11) is 0. The molecule has 0 bridgehead atoms. The first kappa shape index (κ1) is 24.1. The molecule has 0 aliphatic carbocycles. The SMILES string of the molecule is Cc1cc(N2CCN(CCc3cccc(OCCCN4CCCCC4)c3)CC2)c2ccccc2n1. The predicted molar refractivity (Wildman–Crippen MR) is 146 cm³/mol. The van der Waals surface area contributed by atoms with E-state index in [1.54, 1.807) is 0 Å². The second-order valence-electron chi connectivity index (χ2n) is 10.1. The first-order valence-electron chi connectivity index (χ1n) is 13.5. The van der Waals surface area contributed by atoms with Crippen molar-refractivity contribution in [2.75, 3.05) is 63.9 Å². The van der Waals surface area contributed by atoms with Crippen LogP contribution in [0.15, 0.2) is 54.6 Å². The summed E-state index contributed by atoms with van der Waals surface area (Å²) in [6.07, 6.45) is 6.30. The van der Waals surface area contributed by atoms with E-state index in [2.05, 4.69) is 76.2 Å². The number of aromatic nitrogens is 1. The van der Waals surface area contributed by atoms with Gasteiger partial charge in [0.2, 0.25) is 0 Å². The minimum absolute atomic E-state index is 0.811. The molecule has 3 heterocycles. The molecule has 186 valence electrons. The Morgan fingerprint density at radius 1 is 0.800 bits per heavy atom. The van der Waals surface area contributed by atoms with Crippen molar-refractivity contribution < 1.29 is 4.74 Å². The van der Waals surface area contributed by atoms with E-state index in [-0.39, 0.29) is 0 Å². The maximum Gasteiger partial charge on any atom is 0.119 e. The third kappa shape index (κ3) is 6.53. The molecule has 0 radical (unpaired) electrons. The van der Waals surface area contributed by atoms with Gasteiger partial charge in [-0.1, -0.05) is 36.8 Å². The lowest BCUT2D eigenvalue weighted by Gasteiger charge is -2.36. The number of para-hydroxylation sites is 1. The van der Waals surface area contributed by atoms with Crippen molar-refractivity contribution >= 4 is 16.6 Å². The van der Waals surface area contributed by atoms with Crippen molar-refractivity contribution in [3.05, 3.63) is 65.9 Å². The number of fused-ring (bicyclic) bond motifs is 1. The van der Waals surface area contributed by atoms with Crippen molar-refractivity contribution in [3.63, 3.8) is 0 Å². The Hall–Kier alpha value is -2.63. The van der Waals surface area contributed by atoms with Crippen LogP contribution in [-0.4, -0.2) is 73.7 Å². The number of piperazine rings is 1. The second-order valence-corrected chi connectivity index (χ2v) is 10.1. The molecule has 2 saturated heterocycles. The summed E-state index contributed by atoms with van der Waals surface area (Å²) in [6.45, 7) is 12.0. The van der Waals surface area contributed by atoms with E-state index in [1.165, 1.54) is 55.5 Å². The maximum atomic E-state index is 6.09. The summed E-state index contributed by atoms with van der Waals surface area (Å²) in [5.74, 6) is 1.02. The van der Waals surface area contributed by atoms with Crippen LogP contribution in [-0.2, 0) is 6.42 Å². The van der Waals surface area contributed by atoms with Crippen LogP contribution in [0.3, 0.4) is 0 Å². The standard InChI is InChI=1S/C30H40N4O/c1-25-23-30(28-11-3-4-12-29(28)31-25)34-20-18-33(19-21-34)17-13-26-9-7-10-27(24-26)35-22-8-16-32-14-5-2-6-15-32/h3-4,7,9-12,23-24H,2,5-6,8,13-22H2,1H3. The zero-order chi connectivity index (χ0) is 23.9. The van der Waals surface area contributed by atoms with E-state index in [4.69, 9.17) is 9.72 Å². The lowest BCUT2D eigenvalue weighted by molar-refractivity contribution is 0.205. The van der Waals surface area contributed by atoms with Gasteiger partial charge in [0.05, 0.1) is 12.1 Å². The van der Waals surface area contributed by atoms with Crippen LogP contribution >= 0.6 is 0 Å². The number of nitrogens with zero attached hydrogens (tertiary/aromatic N) is 4. The Balaban J connectivity index is 1.07. The fourth-order valence-corrected chi connectivity index (χ4v) is 5.50. The second kappa shape index (κ2) is 11.9. The molecule has 0 saturated carbocycles. The van der Waals surface area contributed by atoms with Gasteiger partial charge in [-0.05, 0) is 75.5 Å². The Kier molecular flexibility index (Phi) is 8.17. The molecule has 2 aliphatic rings. The molecule has 0 amide bonds. The molecule has 5 nitrogen and oxygen atoms in total. The van der Waals surface area contributed by atoms with E-state index in [9.17, 15) is 0 Å². The van der Waals surface area contributed by atoms with E-state index >= 15 is 0 Å². The summed E-state index contributed by atoms with van der Waals surface area (Å²) in [5, 5.41) is 1.26. The number of anilines is 1. The predicted octanol–water partition coefficient (Wildman–Crippen LogP) is 5.16. The lowest BCUT2D eigenvalue weighted by Crippen LogP contribution is -2.47. The Labute approximate surface area is 210 Å². The van der Waals surface area contributed by atoms with Crippen molar-refractivity contribution in [2.24, 2.45) is 0 Å². The lowest BCUT2D eigenvalue weighted by atomic mass is 10.1. The normalized spacial score (nSPS) is 17.7. The average molecular weight is 473 g/mol. The van der Waals surface area contributed by atoms with Crippen LogP contribution in [0.4, 0.5) is 5.69 Å². The zero-order valence-corrected chi connectivity index (χ0v) is 21.3. The van der Waals surface area contributed by atoms with Gasteiger partial charge in [0, 0.05) is 56.0 Å². The van der Waals surface area contributed by atoms with Crippen LogP contribution in [0.25, 0.3) is 10.9 Å². The van der Waals surface area contributed by atoms with Gasteiger partial charge in [-0.25, -0.2) is 0 Å². The molecular weight excluding hydrogens is 432 g/mol. The van der Waals surface area contributed by atoms with Gasteiger partial charge in [0.1, 0.15) is 5.75 Å². The fourth-order valence-electron chi connectivity index (χ4n) is 5.50. The first-order chi connectivity index (χ1) is 17.2. The van der Waals surface area contributed by atoms with Gasteiger partial charge in [0.25, 0.3) is 0 Å². The number of ether oxygens (including phenoxy) is 1. The van der Waals surface area contributed by atoms with Crippen molar-refractivity contribution in [1.29, 1.82) is 0 Å². The number of aryl methyl sites for hydroxylation is 1. The minimum Gasteiger partial charge on any atom is -0.494 e. The quantitative estimate of drug-likeness (QED) is 0.402. The largest absolute Gasteiger partial charge is 0.494 e. The molecule has 0 unspecified atom stereocenters. The number of likely N-dealkylation sites (tertiary alicyclic amines) is 1. The monoisotopic (exact) mass is 472 g/mol. The molecule has 5 heteroatoms. The smallest absolute Gasteiger partial charge is 0.119 e. The summed E-state index contributed by atoms with van der Waals surface area (Å²) >= 11 is 0. The van der Waals surface area contributed by atoms with Crippen LogP contribution in [0.2, 0.25) is 0 Å². The van der Waals surface area contributed by atoms with E-state index in [0.29, 0.717) is 0 Å². The fraction of sp³-hybridized carbons (Fsp3) is 0.500. The minimum atomic E-state index is 0.811. The number of hydrogen-bond donors (Lipinski definition) is 0. The molecule has 2 aromatic carbocycles. The highest BCUT2D eigenvalue weighted by atomic mass is 16.5. The van der Waals surface area contributed by atoms with Gasteiger partial charge < -0.3 is 14.5 Å². The molecule has 5 rings (SSSR count). The number of pyridine rings is 1. The molecular formula is C30H40N4O. The highest BCUT2D eigenvalue weighted by Gasteiger charge is 2.19. The third-order valence-corrected chi connectivity index (χ3v) is 7.49. The maximum absolute atomic E-state index is 6.09. The molecule has 0 atom stereocenters. The van der Waals surface area contributed by atoms with Crippen LogP contribution in [0, 0.1) is 6.92 Å². The summed E-state index contributed by atoms with van der Waals surface area (Å²) < 4.78 is 6.09. The Bertz CT molecular complexity index is 1090. The van der Waals surface area contributed by atoms with Crippen LogP contribution < -0.4 is 9.64 Å². The Morgan fingerprint density at radius 3 is 2.46 bits per heavy atom. The Morgan fingerprint density at radius 2 is 1.60 bits per heavy atom. The van der Waals surface area contributed by atoms with E-state index < -0.39 is 0 Å². The van der Waals surface area contributed by atoms with Crippen molar-refractivity contribution in [1.82, 2.24) is 14.8 Å². The van der Waals surface area contributed by atoms with Crippen molar-refractivity contribution in [2.45, 2.75) is 39.0 Å². The first-order valence-corrected chi connectivity index (χ1v) is 13.5. The highest BCUT2D eigenvalue weighted by Crippen LogP contribution is 2.27. The number of piperidine rings is 1. The van der Waals surface area contributed by atoms with Gasteiger partial charge in [-0.3, -0.25) is 9.88 Å². The van der Waals surface area contributed by atoms with Gasteiger partial charge >= 0.3 is 0 Å². The molecule has 1 aromatic heterocycles. The topological polar surface area (TPSA) is 31.8 Å². The molecule has 0 spiro atoms. The molecule has 2 fully saturated rings. The molecule has 2 aliphatic heterocycles. The summed E-state index contributed by atoms with van der Waals surface area (Å²) in [4.78, 5) is 12.4. The van der Waals surface area contributed by atoms with E-state index in [0.717, 1.165) is 69.1 Å².